The first kappa shape index (κ1) is 91.2. The number of pyridine rings is 1. The minimum atomic E-state index is -3.36. The Morgan fingerprint density at radius 3 is 1.24 bits per heavy atom. The molecule has 0 unspecified atom stereocenters. The molecule has 4 heterocycles. The van der Waals surface area contributed by atoms with Crippen molar-refractivity contribution in [2.75, 3.05) is 65.7 Å². The Labute approximate surface area is 561 Å². The number of fused-ring (bicyclic) bond motifs is 3. The predicted molar refractivity (Wildman–Crippen MR) is 407 cm³/mol. The molecule has 6 N–H and O–H groups in total. The number of hydrogen-bond donors (Lipinski definition) is 6. The minimum absolute atomic E-state index is 0.0730. The second-order valence-corrected chi connectivity index (χ2v) is 25.6. The quantitative estimate of drug-likeness (QED) is 0.0670. The van der Waals surface area contributed by atoms with Crippen molar-refractivity contribution in [2.45, 2.75) is 202 Å². The van der Waals surface area contributed by atoms with Crippen molar-refractivity contribution in [1.29, 1.82) is 0 Å². The molecule has 2 aliphatic heterocycles. The van der Waals surface area contributed by atoms with E-state index in [1.807, 2.05) is 194 Å². The Balaban J connectivity index is -0.000000484. The van der Waals surface area contributed by atoms with Crippen LogP contribution in [0.5, 0.6) is 0 Å². The van der Waals surface area contributed by atoms with Gasteiger partial charge in [-0.25, -0.2) is 45.1 Å². The van der Waals surface area contributed by atoms with E-state index in [1.54, 1.807) is 30.6 Å². The number of rotatable bonds is 12. The van der Waals surface area contributed by atoms with Crippen molar-refractivity contribution in [2.24, 2.45) is 0 Å². The summed E-state index contributed by atoms with van der Waals surface area (Å²) in [6, 6.07) is 49.4. The van der Waals surface area contributed by atoms with Gasteiger partial charge >= 0.3 is 10.2 Å². The third-order valence-electron chi connectivity index (χ3n) is 10.8. The van der Waals surface area contributed by atoms with Crippen molar-refractivity contribution in [3.05, 3.63) is 164 Å². The highest BCUT2D eigenvalue weighted by molar-refractivity contribution is 7.94. The lowest BCUT2D eigenvalue weighted by molar-refractivity contribution is 0.591. The Kier molecular flexibility index (Phi) is 51.9. The molecule has 0 amide bonds. The van der Waals surface area contributed by atoms with Crippen LogP contribution in [0.2, 0.25) is 0 Å². The monoisotopic (exact) mass is 1330 g/mol. The summed E-state index contributed by atoms with van der Waals surface area (Å²) in [4.78, 5) is 14.4. The van der Waals surface area contributed by atoms with E-state index in [1.165, 1.54) is 44.1 Å². The average molecular weight is 1340 g/mol. The van der Waals surface area contributed by atoms with Gasteiger partial charge in [-0.15, -0.1) is 0 Å². The zero-order chi connectivity index (χ0) is 71.6. The van der Waals surface area contributed by atoms with E-state index in [0.29, 0.717) is 42.5 Å². The van der Waals surface area contributed by atoms with Gasteiger partial charge in [0.15, 0.2) is 0 Å². The molecule has 0 radical (unpaired) electrons. The first-order chi connectivity index (χ1) is 43.6. The molecule has 7 aromatic rings. The van der Waals surface area contributed by atoms with Crippen molar-refractivity contribution in [1.82, 2.24) is 19.7 Å². The van der Waals surface area contributed by atoms with E-state index in [4.69, 9.17) is 0 Å². The van der Waals surface area contributed by atoms with E-state index in [9.17, 15) is 25.3 Å². The molecular formula is C71H122N12O6S3. The van der Waals surface area contributed by atoms with Crippen LogP contribution < -0.4 is 44.2 Å². The van der Waals surface area contributed by atoms with Crippen LogP contribution in [0.4, 0.5) is 45.9 Å². The van der Waals surface area contributed by atoms with E-state index in [-0.39, 0.29) is 12.1 Å². The molecule has 520 valence electrons. The molecule has 2 aliphatic rings. The number of benzene rings is 5. The normalized spacial score (nSPS) is 11.5. The number of nitrogens with one attached hydrogen (secondary N) is 6. The molecule has 0 bridgehead atoms. The van der Waals surface area contributed by atoms with Crippen LogP contribution in [0.15, 0.2) is 164 Å². The molecule has 0 aliphatic carbocycles. The Morgan fingerprint density at radius 2 is 0.837 bits per heavy atom. The molecule has 0 spiro atoms. The first-order valence-electron chi connectivity index (χ1n) is 32.5. The summed E-state index contributed by atoms with van der Waals surface area (Å²) < 4.78 is 73.9. The summed E-state index contributed by atoms with van der Waals surface area (Å²) in [6.07, 6.45) is 7.63. The van der Waals surface area contributed by atoms with Crippen molar-refractivity contribution in [3.8, 4) is 0 Å². The second-order valence-electron chi connectivity index (χ2n) is 20.2. The van der Waals surface area contributed by atoms with Crippen LogP contribution in [0.3, 0.4) is 0 Å². The molecule has 2 aromatic heterocycles. The second kappa shape index (κ2) is 52.3. The van der Waals surface area contributed by atoms with Crippen LogP contribution in [0.25, 0.3) is 10.8 Å². The van der Waals surface area contributed by atoms with E-state index >= 15 is 0 Å². The fraction of sp³-hybridized carbons (Fsp3) is 0.479. The smallest absolute Gasteiger partial charge is 0.324 e. The Hall–Kier alpha value is -7.20. The summed E-state index contributed by atoms with van der Waals surface area (Å²) in [6.45, 7) is 49.1. The van der Waals surface area contributed by atoms with Gasteiger partial charge in [0.1, 0.15) is 12.5 Å². The maximum absolute atomic E-state index is 11.7. The lowest BCUT2D eigenvalue weighted by Crippen LogP contribution is -2.38. The van der Waals surface area contributed by atoms with E-state index in [0.717, 1.165) is 29.1 Å². The number of anilines is 8. The van der Waals surface area contributed by atoms with Crippen LogP contribution in [-0.4, -0.2) is 103 Å². The third-order valence-corrected chi connectivity index (χ3v) is 14.3. The fourth-order valence-corrected chi connectivity index (χ4v) is 9.80. The predicted octanol–water partition coefficient (Wildman–Crippen LogP) is 17.9. The highest BCUT2D eigenvalue weighted by Gasteiger charge is 2.34. The van der Waals surface area contributed by atoms with Crippen molar-refractivity contribution < 1.29 is 25.3 Å². The molecule has 92 heavy (non-hydrogen) atoms. The zero-order valence-electron chi connectivity index (χ0n) is 61.1. The molecule has 18 nitrogen and oxygen atoms in total. The number of para-hydroxylation sites is 6. The van der Waals surface area contributed by atoms with Crippen LogP contribution in [-0.2, 0) is 30.3 Å². The van der Waals surface area contributed by atoms with Crippen molar-refractivity contribution in [3.63, 3.8) is 0 Å². The average Bonchev–Trinajstić information content (AvgIpc) is 1.74. The van der Waals surface area contributed by atoms with Crippen LogP contribution in [0, 0.1) is 0 Å². The van der Waals surface area contributed by atoms with Gasteiger partial charge in [0.05, 0.1) is 35.3 Å². The number of sulfonamides is 2. The largest absolute Gasteiger partial charge is 0.383 e. The Bertz CT molecular complexity index is 3120. The summed E-state index contributed by atoms with van der Waals surface area (Å²) in [7, 11) is -8.09. The first-order valence-corrected chi connectivity index (χ1v) is 37.7. The Morgan fingerprint density at radius 1 is 0.446 bits per heavy atom. The molecule has 21 heteroatoms. The molecule has 5 aromatic carbocycles. The van der Waals surface area contributed by atoms with Gasteiger partial charge in [0.25, 0.3) is 0 Å². The van der Waals surface area contributed by atoms with Gasteiger partial charge in [0, 0.05) is 71.6 Å². The molecular weight excluding hydrogens is 1210 g/mol. The van der Waals surface area contributed by atoms with Gasteiger partial charge in [-0.3, -0.25) is 4.72 Å². The minimum Gasteiger partial charge on any atom is -0.383 e. The summed E-state index contributed by atoms with van der Waals surface area (Å²) in [5.74, 6) is 1.66. The summed E-state index contributed by atoms with van der Waals surface area (Å²) in [5.41, 5.74) is 5.53. The molecule has 0 atom stereocenters. The van der Waals surface area contributed by atoms with Gasteiger partial charge in [-0.05, 0) is 156 Å². The zero-order valence-corrected chi connectivity index (χ0v) is 63.6. The van der Waals surface area contributed by atoms with Crippen LogP contribution >= 0.6 is 0 Å². The standard InChI is InChI=1S/C12H14N2.C11H16N2O2S.C9H12N2O2S.2C9H13N.C7H11N3.C2H7NO2S.6C2H6/c1-9(2)14-12-11-6-4-3-5-10(11)7-8-13-12;1-9(2)12-8-13(16(3,14)15)11-7-5-4-6-10(11)12;1-7(2)11-9-6-4-3-5-8(9)10-14(11,12)13;2*1-8(2)10-9-6-4-3-5-7-9;1-6(2)10-7-8-4-3-5-9-7;1-3-6(2,4)5;6*1-2/h3-9H,1-2H3,(H,13,14);4-7,9H,8H2,1-3H3;3-7,10H,1-2H3;2*3-8,10H,1-2H3;3-6H,1-2H3,(H,8,9,10);3H,1-2H3;6*1-2H3. The molecule has 0 fully saturated rings. The number of aromatic nitrogens is 3. The number of hydrogen-bond acceptors (Lipinski definition) is 14. The molecule has 0 saturated heterocycles. The van der Waals surface area contributed by atoms with Gasteiger partial charge in [-0.2, -0.15) is 8.42 Å². The third kappa shape index (κ3) is 38.6. The highest BCUT2D eigenvalue weighted by Crippen LogP contribution is 2.38. The lowest BCUT2D eigenvalue weighted by atomic mass is 10.1. The summed E-state index contributed by atoms with van der Waals surface area (Å²) in [5, 5.41) is 15.4. The maximum Gasteiger partial charge on any atom is 0.324 e. The maximum atomic E-state index is 11.7. The van der Waals surface area contributed by atoms with E-state index in [2.05, 4.69) is 156 Å². The van der Waals surface area contributed by atoms with Gasteiger partial charge < -0.3 is 26.2 Å². The molecule has 9 rings (SSSR count). The topological polar surface area (TPSA) is 223 Å². The van der Waals surface area contributed by atoms with Crippen LogP contribution in [0.1, 0.15) is 166 Å². The SMILES string of the molecule is CC.CC.CC.CC.CC.CC.CC(C)N1CN(S(C)(=O)=O)c2ccccc21.CC(C)N1c2ccccc2NS1(=O)=O.CC(C)Nc1ccccc1.CC(C)Nc1ccccc1.CC(C)Nc1nccc2ccccc12.CC(C)Nc1ncccn1.CNS(C)(=O)=O. The number of nitrogens with zero attached hydrogens (tertiary/aromatic N) is 6. The highest BCUT2D eigenvalue weighted by atomic mass is 32.2. The fourth-order valence-electron chi connectivity index (χ4n) is 7.43. The molecule has 0 saturated carbocycles. The summed E-state index contributed by atoms with van der Waals surface area (Å²) >= 11 is 0. The van der Waals surface area contributed by atoms with Gasteiger partial charge in [-0.1, -0.05) is 168 Å². The lowest BCUT2D eigenvalue weighted by Gasteiger charge is -2.23. The van der Waals surface area contributed by atoms with E-state index < -0.39 is 30.3 Å². The van der Waals surface area contributed by atoms with Gasteiger partial charge in [0.2, 0.25) is 26.0 Å². The van der Waals surface area contributed by atoms with Crippen molar-refractivity contribution >= 4 is 86.9 Å².